The van der Waals surface area contributed by atoms with Crippen LogP contribution in [0.4, 0.5) is 11.4 Å². The van der Waals surface area contributed by atoms with Crippen molar-refractivity contribution in [3.63, 3.8) is 0 Å². The van der Waals surface area contributed by atoms with E-state index in [4.69, 9.17) is 0 Å². The van der Waals surface area contributed by atoms with Gasteiger partial charge >= 0.3 is 0 Å². The predicted octanol–water partition coefficient (Wildman–Crippen LogP) is 3.04. The normalized spacial score (nSPS) is 18.5. The molecule has 1 atom stereocenters. The maximum absolute atomic E-state index is 12.7. The van der Waals surface area contributed by atoms with Crippen molar-refractivity contribution >= 4 is 23.2 Å². The third-order valence-electron chi connectivity index (χ3n) is 3.96. The predicted molar refractivity (Wildman–Crippen MR) is 80.7 cm³/mol. The maximum atomic E-state index is 12.7. The molecule has 108 valence electrons. The second-order valence-electron chi connectivity index (χ2n) is 5.37. The average molecular weight is 274 g/mol. The average Bonchev–Trinajstić information content (AvgIpc) is 2.58. The van der Waals surface area contributed by atoms with Gasteiger partial charge in [-0.25, -0.2) is 0 Å². The Bertz CT molecular complexity index is 509. The van der Waals surface area contributed by atoms with Crippen LogP contribution >= 0.6 is 0 Å². The molecule has 1 aliphatic heterocycles. The maximum Gasteiger partial charge on any atom is 0.230 e. The zero-order valence-corrected chi connectivity index (χ0v) is 12.3. The fraction of sp³-hybridized carbons (Fsp3) is 0.500. The van der Waals surface area contributed by atoms with Gasteiger partial charge in [-0.05, 0) is 25.0 Å². The number of benzene rings is 1. The Morgan fingerprint density at radius 3 is 2.65 bits per heavy atom. The smallest absolute Gasteiger partial charge is 0.230 e. The van der Waals surface area contributed by atoms with Crippen molar-refractivity contribution < 1.29 is 9.59 Å². The minimum Gasteiger partial charge on any atom is -0.324 e. The first-order chi connectivity index (χ1) is 9.58. The summed E-state index contributed by atoms with van der Waals surface area (Å²) < 4.78 is 0. The van der Waals surface area contributed by atoms with Gasteiger partial charge in [0.1, 0.15) is 0 Å². The van der Waals surface area contributed by atoms with Crippen LogP contribution in [0.2, 0.25) is 0 Å². The molecule has 0 radical (unpaired) electrons. The van der Waals surface area contributed by atoms with Crippen molar-refractivity contribution in [3.8, 4) is 0 Å². The van der Waals surface area contributed by atoms with Gasteiger partial charge < -0.3 is 10.2 Å². The molecule has 0 aromatic heterocycles. The first-order valence-corrected chi connectivity index (χ1v) is 7.29. The highest BCUT2D eigenvalue weighted by atomic mass is 16.2. The van der Waals surface area contributed by atoms with Gasteiger partial charge in [0.05, 0.1) is 17.3 Å². The number of hydrogen-bond donors (Lipinski definition) is 1. The second-order valence-corrected chi connectivity index (χ2v) is 5.37. The highest BCUT2D eigenvalue weighted by Gasteiger charge is 2.30. The van der Waals surface area contributed by atoms with E-state index in [0.717, 1.165) is 24.2 Å². The lowest BCUT2D eigenvalue weighted by atomic mass is 10.0. The van der Waals surface area contributed by atoms with E-state index >= 15 is 0 Å². The van der Waals surface area contributed by atoms with Crippen molar-refractivity contribution in [3.05, 3.63) is 24.3 Å². The largest absolute Gasteiger partial charge is 0.324 e. The molecule has 2 amide bonds. The molecule has 0 saturated heterocycles. The first-order valence-electron chi connectivity index (χ1n) is 7.29. The van der Waals surface area contributed by atoms with E-state index in [1.165, 1.54) is 0 Å². The number of para-hydroxylation sites is 2. The van der Waals surface area contributed by atoms with Crippen LogP contribution in [0.15, 0.2) is 24.3 Å². The molecule has 0 bridgehead atoms. The lowest BCUT2D eigenvalue weighted by Crippen LogP contribution is -2.39. The lowest BCUT2D eigenvalue weighted by Gasteiger charge is -2.27. The Kier molecular flexibility index (Phi) is 4.42. The van der Waals surface area contributed by atoms with Crippen molar-refractivity contribution in [1.82, 2.24) is 0 Å². The second kappa shape index (κ2) is 6.07. The summed E-state index contributed by atoms with van der Waals surface area (Å²) in [7, 11) is 0. The third kappa shape index (κ3) is 2.69. The fourth-order valence-corrected chi connectivity index (χ4v) is 2.59. The monoisotopic (exact) mass is 274 g/mol. The Morgan fingerprint density at radius 2 is 2.00 bits per heavy atom. The Balaban J connectivity index is 2.41. The number of amides is 2. The zero-order valence-electron chi connectivity index (χ0n) is 12.3. The lowest BCUT2D eigenvalue weighted by molar-refractivity contribution is -0.123. The molecule has 2 rings (SSSR count). The van der Waals surface area contributed by atoms with Crippen LogP contribution in [0.5, 0.6) is 0 Å². The minimum atomic E-state index is -0.208. The van der Waals surface area contributed by atoms with Gasteiger partial charge in [0.25, 0.3) is 0 Å². The highest BCUT2D eigenvalue weighted by molar-refractivity contribution is 6.05. The summed E-state index contributed by atoms with van der Waals surface area (Å²) in [6.07, 6.45) is 1.65. The molecular weight excluding hydrogens is 252 g/mol. The number of rotatable bonds is 3. The molecular formula is C16H22N2O2. The molecule has 0 aliphatic carbocycles. The minimum absolute atomic E-state index is 0.0171. The van der Waals surface area contributed by atoms with E-state index in [-0.39, 0.29) is 23.7 Å². The Labute approximate surface area is 120 Å². The zero-order chi connectivity index (χ0) is 14.7. The molecule has 1 aromatic carbocycles. The Hall–Kier alpha value is -1.84. The van der Waals surface area contributed by atoms with E-state index in [9.17, 15) is 9.59 Å². The van der Waals surface area contributed by atoms with Gasteiger partial charge in [-0.2, -0.15) is 0 Å². The van der Waals surface area contributed by atoms with E-state index in [0.29, 0.717) is 6.54 Å². The van der Waals surface area contributed by atoms with Gasteiger partial charge in [-0.15, -0.1) is 0 Å². The van der Waals surface area contributed by atoms with E-state index in [2.05, 4.69) is 5.32 Å². The van der Waals surface area contributed by atoms with Gasteiger partial charge in [0.2, 0.25) is 11.8 Å². The number of nitrogens with one attached hydrogen (secondary N) is 1. The van der Waals surface area contributed by atoms with Gasteiger partial charge in [0.15, 0.2) is 0 Å². The van der Waals surface area contributed by atoms with E-state index in [1.54, 1.807) is 4.90 Å². The third-order valence-corrected chi connectivity index (χ3v) is 3.96. The number of fused-ring (bicyclic) bond motifs is 1. The summed E-state index contributed by atoms with van der Waals surface area (Å²) in [6.45, 7) is 6.36. The van der Waals surface area contributed by atoms with Crippen molar-refractivity contribution in [2.24, 2.45) is 11.8 Å². The van der Waals surface area contributed by atoms with Gasteiger partial charge in [-0.3, -0.25) is 9.59 Å². The summed E-state index contributed by atoms with van der Waals surface area (Å²) in [4.78, 5) is 26.5. The summed E-state index contributed by atoms with van der Waals surface area (Å²) in [5.74, 6) is -0.104. The topological polar surface area (TPSA) is 49.4 Å². The number of carbonyl (C=O) groups is 2. The van der Waals surface area contributed by atoms with E-state index < -0.39 is 0 Å². The quantitative estimate of drug-likeness (QED) is 0.921. The Morgan fingerprint density at radius 1 is 1.35 bits per heavy atom. The van der Waals surface area contributed by atoms with Crippen LogP contribution in [0, 0.1) is 11.8 Å². The number of nitrogens with zero attached hydrogens (tertiary/aromatic N) is 1. The summed E-state index contributed by atoms with van der Waals surface area (Å²) >= 11 is 0. The molecule has 4 heteroatoms. The van der Waals surface area contributed by atoms with Crippen molar-refractivity contribution in [2.45, 2.75) is 33.6 Å². The van der Waals surface area contributed by atoms with Crippen LogP contribution in [-0.4, -0.2) is 18.4 Å². The van der Waals surface area contributed by atoms with Gasteiger partial charge in [-0.1, -0.05) is 32.9 Å². The molecule has 0 spiro atoms. The van der Waals surface area contributed by atoms with Crippen molar-refractivity contribution in [2.75, 3.05) is 16.8 Å². The molecule has 1 heterocycles. The van der Waals surface area contributed by atoms with E-state index in [1.807, 2.05) is 45.0 Å². The standard InChI is InChI=1S/C16H22N2O2/c1-4-12(5-2)16(20)18-10-11(3)15(19)17-13-8-6-7-9-14(13)18/h6-9,11-12H,4-5,10H2,1-3H3,(H,17,19). The SMILES string of the molecule is CCC(CC)C(=O)N1CC(C)C(=O)Nc2ccccc21. The van der Waals surface area contributed by atoms with Crippen LogP contribution in [0.3, 0.4) is 0 Å². The first kappa shape index (κ1) is 14.6. The number of carbonyl (C=O) groups excluding carboxylic acids is 2. The molecule has 1 unspecified atom stereocenters. The molecule has 1 N–H and O–H groups in total. The fourth-order valence-electron chi connectivity index (χ4n) is 2.59. The molecule has 1 aromatic rings. The summed E-state index contributed by atoms with van der Waals surface area (Å²) in [5.41, 5.74) is 1.53. The van der Waals surface area contributed by atoms with Crippen LogP contribution < -0.4 is 10.2 Å². The molecule has 0 fully saturated rings. The molecule has 4 nitrogen and oxygen atoms in total. The van der Waals surface area contributed by atoms with Crippen LogP contribution in [-0.2, 0) is 9.59 Å². The molecule has 1 aliphatic rings. The van der Waals surface area contributed by atoms with Crippen LogP contribution in [0.25, 0.3) is 0 Å². The summed E-state index contributed by atoms with van der Waals surface area (Å²) in [6, 6.07) is 7.51. The number of hydrogen-bond acceptors (Lipinski definition) is 2. The summed E-state index contributed by atoms with van der Waals surface area (Å²) in [5, 5.41) is 2.90. The van der Waals surface area contributed by atoms with Gasteiger partial charge in [0, 0.05) is 12.5 Å². The van der Waals surface area contributed by atoms with Crippen molar-refractivity contribution in [1.29, 1.82) is 0 Å². The highest BCUT2D eigenvalue weighted by Crippen LogP contribution is 2.31. The molecule has 0 saturated carbocycles. The number of anilines is 2. The molecule has 20 heavy (non-hydrogen) atoms. The van der Waals surface area contributed by atoms with Crippen LogP contribution in [0.1, 0.15) is 33.6 Å².